The molecule has 0 saturated heterocycles. The molecule has 1 aromatic carbocycles. The van der Waals surface area contributed by atoms with Gasteiger partial charge in [0.25, 0.3) is 0 Å². The van der Waals surface area contributed by atoms with Crippen LogP contribution in [-0.2, 0) is 11.3 Å². The number of halogens is 2. The molecule has 2 heterocycles. The molecule has 0 aliphatic heterocycles. The third-order valence-corrected chi connectivity index (χ3v) is 5.06. The predicted molar refractivity (Wildman–Crippen MR) is 104 cm³/mol. The standard InChI is InChI=1S/C18H18ClFN4O2S/c1-3-7-24-17(13-6-8-26-11(13)2)22-23-18(24)27-10-16(25)21-12-4-5-15(20)14(19)9-12/h4-6,8-9H,3,7,10H2,1-2H3,(H,21,25). The number of aromatic nitrogens is 3. The van der Waals surface area contributed by atoms with Crippen molar-refractivity contribution in [1.29, 1.82) is 0 Å². The van der Waals surface area contributed by atoms with Crippen LogP contribution in [0.15, 0.2) is 40.1 Å². The number of furan rings is 1. The molecule has 3 aromatic rings. The van der Waals surface area contributed by atoms with E-state index in [1.165, 1.54) is 30.0 Å². The third kappa shape index (κ3) is 4.51. The van der Waals surface area contributed by atoms with Crippen molar-refractivity contribution in [2.45, 2.75) is 32.0 Å². The molecule has 2 aromatic heterocycles. The number of nitrogens with zero attached hydrogens (tertiary/aromatic N) is 3. The van der Waals surface area contributed by atoms with Gasteiger partial charge in [0.05, 0.1) is 22.6 Å². The average molecular weight is 409 g/mol. The maximum Gasteiger partial charge on any atom is 0.234 e. The highest BCUT2D eigenvalue weighted by Gasteiger charge is 2.18. The average Bonchev–Trinajstić information content (AvgIpc) is 3.22. The van der Waals surface area contributed by atoms with Crippen LogP contribution in [0, 0.1) is 12.7 Å². The first kappa shape index (κ1) is 19.4. The van der Waals surface area contributed by atoms with Crippen molar-refractivity contribution in [2.24, 2.45) is 0 Å². The summed E-state index contributed by atoms with van der Waals surface area (Å²) >= 11 is 7.01. The monoisotopic (exact) mass is 408 g/mol. The lowest BCUT2D eigenvalue weighted by Crippen LogP contribution is -2.14. The van der Waals surface area contributed by atoms with E-state index in [0.29, 0.717) is 10.8 Å². The summed E-state index contributed by atoms with van der Waals surface area (Å²) in [5.41, 5.74) is 1.32. The van der Waals surface area contributed by atoms with Crippen LogP contribution in [0.2, 0.25) is 5.02 Å². The van der Waals surface area contributed by atoms with Crippen LogP contribution < -0.4 is 5.32 Å². The lowest BCUT2D eigenvalue weighted by molar-refractivity contribution is -0.113. The number of carbonyl (C=O) groups excluding carboxylic acids is 1. The van der Waals surface area contributed by atoms with Gasteiger partial charge in [0.2, 0.25) is 5.91 Å². The van der Waals surface area contributed by atoms with Crippen molar-refractivity contribution in [3.05, 3.63) is 47.1 Å². The van der Waals surface area contributed by atoms with E-state index in [-0.39, 0.29) is 16.7 Å². The maximum absolute atomic E-state index is 13.2. The zero-order valence-corrected chi connectivity index (χ0v) is 16.4. The topological polar surface area (TPSA) is 73.0 Å². The van der Waals surface area contributed by atoms with E-state index in [9.17, 15) is 9.18 Å². The summed E-state index contributed by atoms with van der Waals surface area (Å²) in [6.07, 6.45) is 2.51. The number of aryl methyl sites for hydroxylation is 1. The molecule has 0 radical (unpaired) electrons. The van der Waals surface area contributed by atoms with Gasteiger partial charge >= 0.3 is 0 Å². The Balaban J connectivity index is 1.70. The molecule has 0 atom stereocenters. The molecule has 1 N–H and O–H groups in total. The Morgan fingerprint density at radius 1 is 1.37 bits per heavy atom. The summed E-state index contributed by atoms with van der Waals surface area (Å²) in [7, 11) is 0. The van der Waals surface area contributed by atoms with E-state index in [1.54, 1.807) is 6.26 Å². The molecule has 1 amide bonds. The molecule has 3 rings (SSSR count). The fourth-order valence-corrected chi connectivity index (χ4v) is 3.48. The first-order valence-corrected chi connectivity index (χ1v) is 9.71. The van der Waals surface area contributed by atoms with Crippen molar-refractivity contribution in [3.8, 4) is 11.4 Å². The van der Waals surface area contributed by atoms with E-state index in [2.05, 4.69) is 22.4 Å². The van der Waals surface area contributed by atoms with Crippen LogP contribution in [0.1, 0.15) is 19.1 Å². The van der Waals surface area contributed by atoms with Gasteiger partial charge in [-0.15, -0.1) is 10.2 Å². The second kappa shape index (κ2) is 8.58. The highest BCUT2D eigenvalue weighted by atomic mass is 35.5. The molecule has 0 aliphatic rings. The van der Waals surface area contributed by atoms with Crippen molar-refractivity contribution in [1.82, 2.24) is 14.8 Å². The van der Waals surface area contributed by atoms with Gasteiger partial charge in [-0.05, 0) is 37.6 Å². The van der Waals surface area contributed by atoms with E-state index < -0.39 is 5.82 Å². The lowest BCUT2D eigenvalue weighted by Gasteiger charge is -2.09. The van der Waals surface area contributed by atoms with Crippen LogP contribution in [-0.4, -0.2) is 26.4 Å². The molecule has 0 saturated carbocycles. The van der Waals surface area contributed by atoms with Gasteiger partial charge in [-0.2, -0.15) is 0 Å². The highest BCUT2D eigenvalue weighted by molar-refractivity contribution is 7.99. The van der Waals surface area contributed by atoms with Gasteiger partial charge < -0.3 is 14.3 Å². The Labute approximate surface area is 165 Å². The Hall–Kier alpha value is -2.32. The minimum Gasteiger partial charge on any atom is -0.469 e. The molecule has 0 aliphatic carbocycles. The molecule has 0 fully saturated rings. The quantitative estimate of drug-likeness (QED) is 0.569. The molecule has 27 heavy (non-hydrogen) atoms. The normalized spacial score (nSPS) is 11.0. The Bertz CT molecular complexity index is 957. The van der Waals surface area contributed by atoms with Crippen molar-refractivity contribution in [2.75, 3.05) is 11.1 Å². The van der Waals surface area contributed by atoms with E-state index >= 15 is 0 Å². The maximum atomic E-state index is 13.2. The summed E-state index contributed by atoms with van der Waals surface area (Å²) < 4.78 is 20.5. The molecular weight excluding hydrogens is 391 g/mol. The number of amides is 1. The van der Waals surface area contributed by atoms with Crippen LogP contribution in [0.25, 0.3) is 11.4 Å². The summed E-state index contributed by atoms with van der Waals surface area (Å²) in [6.45, 7) is 4.66. The number of carbonyl (C=O) groups is 1. The SMILES string of the molecule is CCCn1c(SCC(=O)Nc2ccc(F)c(Cl)c2)nnc1-c1ccoc1C. The second-order valence-corrected chi connectivity index (χ2v) is 7.16. The van der Waals surface area contributed by atoms with Gasteiger partial charge in [-0.25, -0.2) is 4.39 Å². The highest BCUT2D eigenvalue weighted by Crippen LogP contribution is 2.27. The zero-order valence-electron chi connectivity index (χ0n) is 14.8. The number of anilines is 1. The molecule has 6 nitrogen and oxygen atoms in total. The fourth-order valence-electron chi connectivity index (χ4n) is 2.54. The number of thioether (sulfide) groups is 1. The van der Waals surface area contributed by atoms with Crippen molar-refractivity contribution < 1.29 is 13.6 Å². The smallest absolute Gasteiger partial charge is 0.234 e. The van der Waals surface area contributed by atoms with Gasteiger partial charge in [-0.1, -0.05) is 30.3 Å². The largest absolute Gasteiger partial charge is 0.469 e. The first-order valence-electron chi connectivity index (χ1n) is 8.35. The van der Waals surface area contributed by atoms with Gasteiger partial charge in [-0.3, -0.25) is 4.79 Å². The molecule has 0 spiro atoms. The number of nitrogens with one attached hydrogen (secondary N) is 1. The number of rotatable bonds is 7. The number of benzene rings is 1. The zero-order chi connectivity index (χ0) is 19.4. The predicted octanol–water partition coefficient (Wildman–Crippen LogP) is 4.78. The van der Waals surface area contributed by atoms with E-state index in [4.69, 9.17) is 16.0 Å². The van der Waals surface area contributed by atoms with E-state index in [0.717, 1.165) is 30.1 Å². The second-order valence-electron chi connectivity index (χ2n) is 5.81. The summed E-state index contributed by atoms with van der Waals surface area (Å²) in [4.78, 5) is 12.2. The van der Waals surface area contributed by atoms with Gasteiger partial charge in [0.15, 0.2) is 11.0 Å². The van der Waals surface area contributed by atoms with Crippen LogP contribution in [0.5, 0.6) is 0 Å². The number of hydrogen-bond acceptors (Lipinski definition) is 5. The third-order valence-electron chi connectivity index (χ3n) is 3.80. The van der Waals surface area contributed by atoms with Crippen molar-refractivity contribution >= 4 is 35.0 Å². The van der Waals surface area contributed by atoms with Gasteiger partial charge in [0.1, 0.15) is 11.6 Å². The van der Waals surface area contributed by atoms with Gasteiger partial charge in [0, 0.05) is 12.2 Å². The molecule has 0 unspecified atom stereocenters. The lowest BCUT2D eigenvalue weighted by atomic mass is 10.2. The summed E-state index contributed by atoms with van der Waals surface area (Å²) in [5, 5.41) is 11.8. The summed E-state index contributed by atoms with van der Waals surface area (Å²) in [6, 6.07) is 5.90. The minimum absolute atomic E-state index is 0.0386. The first-order chi connectivity index (χ1) is 13.0. The summed E-state index contributed by atoms with van der Waals surface area (Å²) in [5.74, 6) is 0.855. The molecular formula is C18H18ClFN4O2S. The van der Waals surface area contributed by atoms with E-state index in [1.807, 2.05) is 17.6 Å². The fraction of sp³-hybridized carbons (Fsp3) is 0.278. The molecule has 142 valence electrons. The van der Waals surface area contributed by atoms with Crippen LogP contribution in [0.4, 0.5) is 10.1 Å². The molecule has 9 heteroatoms. The van der Waals surface area contributed by atoms with Crippen LogP contribution in [0.3, 0.4) is 0 Å². The Morgan fingerprint density at radius 2 is 2.19 bits per heavy atom. The van der Waals surface area contributed by atoms with Crippen LogP contribution >= 0.6 is 23.4 Å². The molecule has 0 bridgehead atoms. The Kier molecular flexibility index (Phi) is 6.18. The number of hydrogen-bond donors (Lipinski definition) is 1. The minimum atomic E-state index is -0.529. The Morgan fingerprint density at radius 3 is 2.85 bits per heavy atom. The van der Waals surface area contributed by atoms with Crippen molar-refractivity contribution in [3.63, 3.8) is 0 Å².